The Bertz CT molecular complexity index is 309. The number of benzene rings is 1. The van der Waals surface area contributed by atoms with Gasteiger partial charge in [-0.25, -0.2) is 0 Å². The summed E-state index contributed by atoms with van der Waals surface area (Å²) in [5, 5.41) is 11.6. The summed E-state index contributed by atoms with van der Waals surface area (Å²) in [6, 6.07) is 7.00. The highest BCUT2D eigenvalue weighted by atomic mass is 16.3. The zero-order valence-corrected chi connectivity index (χ0v) is 5.74. The number of rotatable bonds is 0. The summed E-state index contributed by atoms with van der Waals surface area (Å²) in [5.74, 6) is -0.201. The van der Waals surface area contributed by atoms with E-state index in [2.05, 4.69) is 5.32 Å². The molecule has 11 heavy (non-hydrogen) atoms. The second kappa shape index (κ2) is 2.07. The van der Waals surface area contributed by atoms with Crippen LogP contribution in [0, 0.1) is 0 Å². The Balaban J connectivity index is 2.60. The molecule has 0 fully saturated rings. The van der Waals surface area contributed by atoms with Crippen molar-refractivity contribution in [1.82, 2.24) is 5.32 Å². The van der Waals surface area contributed by atoms with Gasteiger partial charge in [0.2, 0.25) is 0 Å². The molecule has 1 aliphatic rings. The SMILES string of the molecule is O=C1N[C@@H](O)c2ccccc21. The molecule has 56 valence electrons. The first kappa shape index (κ1) is 6.37. The first-order valence-corrected chi connectivity index (χ1v) is 3.37. The van der Waals surface area contributed by atoms with Crippen LogP contribution in [0.2, 0.25) is 0 Å². The quantitative estimate of drug-likeness (QED) is 0.561. The lowest BCUT2D eigenvalue weighted by Crippen LogP contribution is -2.17. The molecule has 0 saturated heterocycles. The molecule has 3 nitrogen and oxygen atoms in total. The Hall–Kier alpha value is -1.35. The van der Waals surface area contributed by atoms with Crippen molar-refractivity contribution in [2.24, 2.45) is 0 Å². The van der Waals surface area contributed by atoms with E-state index >= 15 is 0 Å². The van der Waals surface area contributed by atoms with Crippen LogP contribution in [0.1, 0.15) is 22.1 Å². The van der Waals surface area contributed by atoms with Crippen LogP contribution in [-0.2, 0) is 0 Å². The van der Waals surface area contributed by atoms with Gasteiger partial charge in [-0.05, 0) is 6.07 Å². The fourth-order valence-corrected chi connectivity index (χ4v) is 1.22. The summed E-state index contributed by atoms with van der Waals surface area (Å²) in [7, 11) is 0. The Morgan fingerprint density at radius 1 is 1.36 bits per heavy atom. The van der Waals surface area contributed by atoms with Gasteiger partial charge < -0.3 is 10.4 Å². The summed E-state index contributed by atoms with van der Waals surface area (Å²) in [6.07, 6.45) is -0.821. The molecule has 1 aromatic rings. The summed E-state index contributed by atoms with van der Waals surface area (Å²) in [4.78, 5) is 11.0. The summed E-state index contributed by atoms with van der Waals surface area (Å²) in [6.45, 7) is 0. The smallest absolute Gasteiger partial charge is 0.253 e. The van der Waals surface area contributed by atoms with Crippen molar-refractivity contribution in [3.63, 3.8) is 0 Å². The van der Waals surface area contributed by atoms with Crippen LogP contribution in [0.15, 0.2) is 24.3 Å². The van der Waals surface area contributed by atoms with E-state index in [4.69, 9.17) is 0 Å². The zero-order valence-electron chi connectivity index (χ0n) is 5.74. The van der Waals surface area contributed by atoms with Crippen molar-refractivity contribution in [2.75, 3.05) is 0 Å². The molecule has 0 aliphatic carbocycles. The van der Waals surface area contributed by atoms with Gasteiger partial charge in [0.05, 0.1) is 0 Å². The molecule has 1 amide bonds. The average Bonchev–Trinajstić information content (AvgIpc) is 2.30. The number of aliphatic hydroxyl groups excluding tert-OH is 1. The summed E-state index contributed by atoms with van der Waals surface area (Å²) < 4.78 is 0. The maximum absolute atomic E-state index is 11.0. The lowest BCUT2D eigenvalue weighted by molar-refractivity contribution is 0.0850. The number of fused-ring (bicyclic) bond motifs is 1. The van der Waals surface area contributed by atoms with Crippen molar-refractivity contribution >= 4 is 5.91 Å². The van der Waals surface area contributed by atoms with Gasteiger partial charge in [-0.15, -0.1) is 0 Å². The zero-order chi connectivity index (χ0) is 7.84. The Kier molecular flexibility index (Phi) is 1.20. The van der Waals surface area contributed by atoms with Crippen LogP contribution < -0.4 is 5.32 Å². The number of aliphatic hydroxyl groups is 1. The molecule has 0 saturated carbocycles. The van der Waals surface area contributed by atoms with E-state index in [-0.39, 0.29) is 5.91 Å². The molecule has 1 aliphatic heterocycles. The topological polar surface area (TPSA) is 49.3 Å². The van der Waals surface area contributed by atoms with Crippen LogP contribution in [0.4, 0.5) is 0 Å². The lowest BCUT2D eigenvalue weighted by Gasteiger charge is -1.99. The van der Waals surface area contributed by atoms with Gasteiger partial charge in [-0.3, -0.25) is 4.79 Å². The Labute approximate surface area is 63.7 Å². The fourth-order valence-electron chi connectivity index (χ4n) is 1.22. The molecule has 0 bridgehead atoms. The third-order valence-electron chi connectivity index (χ3n) is 1.77. The van der Waals surface area contributed by atoms with Crippen molar-refractivity contribution in [3.05, 3.63) is 35.4 Å². The van der Waals surface area contributed by atoms with E-state index in [9.17, 15) is 9.90 Å². The molecule has 1 heterocycles. The molecule has 0 spiro atoms. The van der Waals surface area contributed by atoms with Crippen LogP contribution >= 0.6 is 0 Å². The van der Waals surface area contributed by atoms with Crippen LogP contribution in [0.5, 0.6) is 0 Å². The van der Waals surface area contributed by atoms with Crippen molar-refractivity contribution < 1.29 is 9.90 Å². The molecular formula is C8H7NO2. The van der Waals surface area contributed by atoms with Gasteiger partial charge in [0, 0.05) is 11.1 Å². The van der Waals surface area contributed by atoms with Crippen molar-refractivity contribution in [3.8, 4) is 0 Å². The molecule has 0 radical (unpaired) electrons. The average molecular weight is 149 g/mol. The van der Waals surface area contributed by atoms with Crippen LogP contribution in [-0.4, -0.2) is 11.0 Å². The van der Waals surface area contributed by atoms with Gasteiger partial charge in [-0.2, -0.15) is 0 Å². The van der Waals surface area contributed by atoms with E-state index in [0.29, 0.717) is 11.1 Å². The monoisotopic (exact) mass is 149 g/mol. The molecule has 3 heteroatoms. The number of amides is 1. The molecule has 0 unspecified atom stereocenters. The van der Waals surface area contributed by atoms with Gasteiger partial charge in [-0.1, -0.05) is 18.2 Å². The van der Waals surface area contributed by atoms with Gasteiger partial charge in [0.15, 0.2) is 6.23 Å². The molecule has 0 aromatic heterocycles. The van der Waals surface area contributed by atoms with Gasteiger partial charge in [0.1, 0.15) is 0 Å². The highest BCUT2D eigenvalue weighted by Crippen LogP contribution is 2.21. The summed E-state index contributed by atoms with van der Waals surface area (Å²) in [5.41, 5.74) is 1.23. The molecular weight excluding hydrogens is 142 g/mol. The minimum absolute atomic E-state index is 0.201. The Morgan fingerprint density at radius 2 is 2.09 bits per heavy atom. The minimum Gasteiger partial charge on any atom is -0.369 e. The first-order chi connectivity index (χ1) is 5.29. The maximum Gasteiger partial charge on any atom is 0.253 e. The van der Waals surface area contributed by atoms with Crippen molar-refractivity contribution in [2.45, 2.75) is 6.23 Å². The van der Waals surface area contributed by atoms with E-state index in [1.807, 2.05) is 0 Å². The molecule has 2 rings (SSSR count). The summed E-state index contributed by atoms with van der Waals surface area (Å²) >= 11 is 0. The van der Waals surface area contributed by atoms with E-state index in [1.165, 1.54) is 0 Å². The third kappa shape index (κ3) is 0.816. The van der Waals surface area contributed by atoms with E-state index in [0.717, 1.165) is 0 Å². The van der Waals surface area contributed by atoms with E-state index in [1.54, 1.807) is 24.3 Å². The Morgan fingerprint density at radius 3 is 2.82 bits per heavy atom. The first-order valence-electron chi connectivity index (χ1n) is 3.37. The van der Waals surface area contributed by atoms with Crippen molar-refractivity contribution in [1.29, 1.82) is 0 Å². The van der Waals surface area contributed by atoms with Gasteiger partial charge in [0.25, 0.3) is 5.91 Å². The molecule has 1 aromatic carbocycles. The standard InChI is InChI=1S/C8H7NO2/c10-7-5-3-1-2-4-6(5)8(11)9-7/h1-4,7,10H,(H,9,11)/t7-/m0/s1. The number of hydrogen-bond donors (Lipinski definition) is 2. The second-order valence-corrected chi connectivity index (χ2v) is 2.46. The number of carbonyl (C=O) groups is 1. The van der Waals surface area contributed by atoms with Crippen LogP contribution in [0.3, 0.4) is 0 Å². The van der Waals surface area contributed by atoms with E-state index < -0.39 is 6.23 Å². The highest BCUT2D eigenvalue weighted by molar-refractivity contribution is 5.98. The lowest BCUT2D eigenvalue weighted by atomic mass is 10.1. The number of nitrogens with one attached hydrogen (secondary N) is 1. The minimum atomic E-state index is -0.821. The molecule has 2 N–H and O–H groups in total. The third-order valence-corrected chi connectivity index (χ3v) is 1.77. The molecule has 1 atom stereocenters. The predicted octanol–water partition coefficient (Wildman–Crippen LogP) is 0.421. The largest absolute Gasteiger partial charge is 0.369 e. The predicted molar refractivity (Wildman–Crippen MR) is 38.9 cm³/mol. The number of carbonyl (C=O) groups excluding carboxylic acids is 1. The van der Waals surface area contributed by atoms with Gasteiger partial charge >= 0.3 is 0 Å². The number of hydrogen-bond acceptors (Lipinski definition) is 2. The fraction of sp³-hybridized carbons (Fsp3) is 0.125. The highest BCUT2D eigenvalue weighted by Gasteiger charge is 2.25. The second-order valence-electron chi connectivity index (χ2n) is 2.46. The maximum atomic E-state index is 11.0. The van der Waals surface area contributed by atoms with Crippen LogP contribution in [0.25, 0.3) is 0 Å². The normalized spacial score (nSPS) is 21.2.